The number of amides is 1. The Balaban J connectivity index is 1.42. The molecular weight excluding hydrogens is 467 g/mol. The van der Waals surface area contributed by atoms with E-state index in [0.29, 0.717) is 49.9 Å². The van der Waals surface area contributed by atoms with Gasteiger partial charge < -0.3 is 14.4 Å². The second-order valence-corrected chi connectivity index (χ2v) is 9.19. The first-order valence-corrected chi connectivity index (χ1v) is 12.1. The van der Waals surface area contributed by atoms with Gasteiger partial charge in [0.25, 0.3) is 5.91 Å². The molecule has 0 N–H and O–H groups in total. The van der Waals surface area contributed by atoms with Gasteiger partial charge in [-0.3, -0.25) is 9.69 Å². The van der Waals surface area contributed by atoms with E-state index < -0.39 is 5.82 Å². The van der Waals surface area contributed by atoms with Crippen LogP contribution in [-0.4, -0.2) is 55.5 Å². The summed E-state index contributed by atoms with van der Waals surface area (Å²) in [6.07, 6.45) is -0.184. The van der Waals surface area contributed by atoms with Crippen LogP contribution in [-0.2, 0) is 11.3 Å². The Kier molecular flexibility index (Phi) is 8.39. The minimum Gasteiger partial charge on any atom is -0.497 e. The first-order chi connectivity index (χ1) is 16.9. The largest absolute Gasteiger partial charge is 0.497 e. The van der Waals surface area contributed by atoms with E-state index in [1.54, 1.807) is 18.1 Å². The monoisotopic (exact) mass is 496 g/mol. The number of halogens is 2. The molecule has 0 saturated carbocycles. The van der Waals surface area contributed by atoms with Crippen molar-refractivity contribution >= 4 is 17.5 Å². The Morgan fingerprint density at radius 1 is 1.03 bits per heavy atom. The molecular formula is C28H30ClFN2O3. The van der Waals surface area contributed by atoms with E-state index in [9.17, 15) is 9.18 Å². The van der Waals surface area contributed by atoms with Gasteiger partial charge in [-0.2, -0.15) is 0 Å². The van der Waals surface area contributed by atoms with Crippen LogP contribution in [0.1, 0.15) is 33.2 Å². The van der Waals surface area contributed by atoms with Crippen molar-refractivity contribution in [2.45, 2.75) is 19.6 Å². The molecule has 1 unspecified atom stereocenters. The summed E-state index contributed by atoms with van der Waals surface area (Å²) in [6, 6.07) is 19.9. The third-order valence-corrected chi connectivity index (χ3v) is 6.55. The maximum absolute atomic E-state index is 13.7. The molecule has 0 bridgehead atoms. The fraction of sp³-hybridized carbons (Fsp3) is 0.321. The van der Waals surface area contributed by atoms with Gasteiger partial charge in [-0.15, -0.1) is 0 Å². The molecule has 1 saturated heterocycles. The molecule has 4 rings (SSSR count). The Labute approximate surface area is 211 Å². The molecule has 0 aromatic heterocycles. The molecule has 0 radical (unpaired) electrons. The predicted molar refractivity (Wildman–Crippen MR) is 135 cm³/mol. The fourth-order valence-electron chi connectivity index (χ4n) is 4.28. The SMILES string of the molecule is COc1cccc(C(CN2CCN(C(=O)c3cc(F)ccc3C)CC2)OCc2cccc(Cl)c2)c1. The molecule has 1 heterocycles. The first kappa shape index (κ1) is 25.2. The van der Waals surface area contributed by atoms with Crippen molar-refractivity contribution in [1.29, 1.82) is 0 Å². The number of hydrogen-bond donors (Lipinski definition) is 0. The van der Waals surface area contributed by atoms with Crippen LogP contribution in [0.25, 0.3) is 0 Å². The lowest BCUT2D eigenvalue weighted by Gasteiger charge is -2.36. The van der Waals surface area contributed by atoms with Gasteiger partial charge in [0.1, 0.15) is 11.6 Å². The maximum atomic E-state index is 13.7. The topological polar surface area (TPSA) is 42.0 Å². The number of methoxy groups -OCH3 is 1. The van der Waals surface area contributed by atoms with Crippen molar-refractivity contribution in [3.8, 4) is 5.75 Å². The van der Waals surface area contributed by atoms with Crippen LogP contribution in [0.15, 0.2) is 66.7 Å². The second-order valence-electron chi connectivity index (χ2n) is 8.76. The van der Waals surface area contributed by atoms with Gasteiger partial charge in [0.05, 0.1) is 19.8 Å². The van der Waals surface area contributed by atoms with Gasteiger partial charge in [0.2, 0.25) is 0 Å². The van der Waals surface area contributed by atoms with Gasteiger partial charge >= 0.3 is 0 Å². The number of benzene rings is 3. The summed E-state index contributed by atoms with van der Waals surface area (Å²) >= 11 is 6.14. The van der Waals surface area contributed by atoms with Crippen LogP contribution < -0.4 is 4.74 Å². The number of carbonyl (C=O) groups excluding carboxylic acids is 1. The third-order valence-electron chi connectivity index (χ3n) is 6.32. The third kappa shape index (κ3) is 6.60. The Morgan fingerprint density at radius 2 is 1.80 bits per heavy atom. The number of ether oxygens (including phenoxy) is 2. The number of carbonyl (C=O) groups is 1. The van der Waals surface area contributed by atoms with E-state index >= 15 is 0 Å². The average Bonchev–Trinajstić information content (AvgIpc) is 2.88. The van der Waals surface area contributed by atoms with Crippen LogP contribution in [0.5, 0.6) is 5.75 Å². The summed E-state index contributed by atoms with van der Waals surface area (Å²) < 4.78 is 25.5. The molecule has 3 aromatic rings. The second kappa shape index (κ2) is 11.7. The first-order valence-electron chi connectivity index (χ1n) is 11.7. The van der Waals surface area contributed by atoms with E-state index in [0.717, 1.165) is 22.4 Å². The van der Waals surface area contributed by atoms with Crippen LogP contribution >= 0.6 is 11.6 Å². The van der Waals surface area contributed by atoms with E-state index in [2.05, 4.69) is 4.90 Å². The van der Waals surface area contributed by atoms with Gasteiger partial charge in [-0.1, -0.05) is 41.9 Å². The van der Waals surface area contributed by atoms with Crippen LogP contribution in [0.4, 0.5) is 4.39 Å². The molecule has 1 atom stereocenters. The van der Waals surface area contributed by atoms with Gasteiger partial charge in [0, 0.05) is 43.3 Å². The number of aryl methyl sites for hydroxylation is 1. The van der Waals surface area contributed by atoms with E-state index in [1.807, 2.05) is 55.5 Å². The zero-order chi connectivity index (χ0) is 24.8. The average molecular weight is 497 g/mol. The Bertz CT molecular complexity index is 1160. The lowest BCUT2D eigenvalue weighted by Crippen LogP contribution is -2.49. The Morgan fingerprint density at radius 3 is 2.54 bits per heavy atom. The normalized spacial score (nSPS) is 15.1. The molecule has 184 valence electrons. The summed E-state index contributed by atoms with van der Waals surface area (Å²) in [5.74, 6) is 0.263. The minimum atomic E-state index is -0.393. The summed E-state index contributed by atoms with van der Waals surface area (Å²) in [7, 11) is 1.65. The lowest BCUT2D eigenvalue weighted by molar-refractivity contribution is 0.00332. The molecule has 1 fully saturated rings. The molecule has 1 aliphatic heterocycles. The van der Waals surface area contributed by atoms with Crippen LogP contribution in [0, 0.1) is 12.7 Å². The smallest absolute Gasteiger partial charge is 0.254 e. The van der Waals surface area contributed by atoms with Crippen molar-refractivity contribution in [2.24, 2.45) is 0 Å². The van der Waals surface area contributed by atoms with Crippen LogP contribution in [0.3, 0.4) is 0 Å². The number of hydrogen-bond acceptors (Lipinski definition) is 4. The van der Waals surface area contributed by atoms with Crippen molar-refractivity contribution in [1.82, 2.24) is 9.80 Å². The van der Waals surface area contributed by atoms with E-state index in [4.69, 9.17) is 21.1 Å². The molecule has 0 spiro atoms. The zero-order valence-corrected chi connectivity index (χ0v) is 20.8. The van der Waals surface area contributed by atoms with Crippen molar-refractivity contribution < 1.29 is 18.7 Å². The highest BCUT2D eigenvalue weighted by Crippen LogP contribution is 2.26. The fourth-order valence-corrected chi connectivity index (χ4v) is 4.50. The number of rotatable bonds is 8. The van der Waals surface area contributed by atoms with Crippen LogP contribution in [0.2, 0.25) is 5.02 Å². The van der Waals surface area contributed by atoms with Gasteiger partial charge in [0.15, 0.2) is 0 Å². The Hall–Kier alpha value is -2.93. The number of nitrogens with zero attached hydrogens (tertiary/aromatic N) is 2. The standard InChI is InChI=1S/C28H30ClFN2O3/c1-20-9-10-24(30)17-26(20)28(33)32-13-11-31(12-14-32)18-27(22-6-4-8-25(16-22)34-2)35-19-21-5-3-7-23(29)15-21/h3-10,15-17,27H,11-14,18-19H2,1-2H3. The highest BCUT2D eigenvalue weighted by molar-refractivity contribution is 6.30. The molecule has 7 heteroatoms. The van der Waals surface area contributed by atoms with E-state index in [1.165, 1.54) is 12.1 Å². The molecule has 3 aromatic carbocycles. The highest BCUT2D eigenvalue weighted by atomic mass is 35.5. The maximum Gasteiger partial charge on any atom is 0.254 e. The van der Waals surface area contributed by atoms with Crippen molar-refractivity contribution in [3.05, 3.63) is 99.8 Å². The van der Waals surface area contributed by atoms with Crippen molar-refractivity contribution in [3.63, 3.8) is 0 Å². The van der Waals surface area contributed by atoms with Gasteiger partial charge in [-0.25, -0.2) is 4.39 Å². The molecule has 1 aliphatic rings. The summed E-state index contributed by atoms with van der Waals surface area (Å²) in [5.41, 5.74) is 3.25. The quantitative estimate of drug-likeness (QED) is 0.412. The van der Waals surface area contributed by atoms with Gasteiger partial charge in [-0.05, 0) is 60.0 Å². The summed E-state index contributed by atoms with van der Waals surface area (Å²) in [4.78, 5) is 17.1. The summed E-state index contributed by atoms with van der Waals surface area (Å²) in [6.45, 7) is 5.51. The molecule has 1 amide bonds. The minimum absolute atomic E-state index is 0.122. The van der Waals surface area contributed by atoms with Crippen molar-refractivity contribution in [2.75, 3.05) is 39.8 Å². The highest BCUT2D eigenvalue weighted by Gasteiger charge is 2.26. The lowest BCUT2D eigenvalue weighted by atomic mass is 10.1. The zero-order valence-electron chi connectivity index (χ0n) is 20.0. The molecule has 5 nitrogen and oxygen atoms in total. The predicted octanol–water partition coefficient (Wildman–Crippen LogP) is 5.51. The number of piperazine rings is 1. The van der Waals surface area contributed by atoms with E-state index in [-0.39, 0.29) is 12.0 Å². The molecule has 35 heavy (non-hydrogen) atoms. The molecule has 0 aliphatic carbocycles. The summed E-state index contributed by atoms with van der Waals surface area (Å²) in [5, 5.41) is 0.679.